The van der Waals surface area contributed by atoms with Gasteiger partial charge in [-0.1, -0.05) is 44.0 Å². The molecule has 2 N–H and O–H groups in total. The van der Waals surface area contributed by atoms with Crippen LogP contribution in [0, 0.1) is 0 Å². The fourth-order valence-corrected chi connectivity index (χ4v) is 2.83. The van der Waals surface area contributed by atoms with Crippen LogP contribution in [-0.4, -0.2) is 21.1 Å². The molecule has 2 aromatic heterocycles. The normalized spacial score (nSPS) is 12.0. The summed E-state index contributed by atoms with van der Waals surface area (Å²) in [5.41, 5.74) is 0.876. The van der Waals surface area contributed by atoms with E-state index >= 15 is 0 Å². The van der Waals surface area contributed by atoms with Crippen molar-refractivity contribution in [1.82, 2.24) is 20.5 Å². The number of carbonyl (C=O) groups is 1. The Balaban J connectivity index is 1.92. The average molecular weight is 336 g/mol. The number of nitrogens with zero attached hydrogens (tertiary/aromatic N) is 2. The van der Waals surface area contributed by atoms with E-state index in [0.29, 0.717) is 10.8 Å². The van der Waals surface area contributed by atoms with E-state index in [1.807, 2.05) is 12.1 Å². The van der Waals surface area contributed by atoms with Crippen LogP contribution in [0.25, 0.3) is 10.8 Å². The van der Waals surface area contributed by atoms with Gasteiger partial charge in [0.15, 0.2) is 5.69 Å². The van der Waals surface area contributed by atoms with Crippen LogP contribution in [0.5, 0.6) is 0 Å². The highest BCUT2D eigenvalue weighted by atomic mass is 16.2. The molecule has 0 bridgehead atoms. The van der Waals surface area contributed by atoms with Crippen molar-refractivity contribution in [2.24, 2.45) is 0 Å². The second-order valence-corrected chi connectivity index (χ2v) is 5.90. The molecule has 0 spiro atoms. The molecule has 0 radical (unpaired) electrons. The lowest BCUT2D eigenvalue weighted by molar-refractivity contribution is 0.0930. The Morgan fingerprint density at radius 2 is 2.00 bits per heavy atom. The van der Waals surface area contributed by atoms with Gasteiger partial charge in [0.2, 0.25) is 0 Å². The van der Waals surface area contributed by atoms with Crippen LogP contribution < -0.4 is 10.9 Å². The molecule has 3 aromatic rings. The van der Waals surface area contributed by atoms with Crippen molar-refractivity contribution < 1.29 is 4.79 Å². The summed E-state index contributed by atoms with van der Waals surface area (Å²) in [6.07, 6.45) is 6.31. The SMILES string of the molecule is CCCC[C@@H](NC(=O)c1n[nH]c(=O)c2ccccc12)c1cccnc1. The van der Waals surface area contributed by atoms with Gasteiger partial charge in [-0.2, -0.15) is 5.10 Å². The molecule has 0 aliphatic rings. The molecule has 0 saturated carbocycles. The van der Waals surface area contributed by atoms with E-state index < -0.39 is 0 Å². The number of aromatic amines is 1. The van der Waals surface area contributed by atoms with Crippen molar-refractivity contribution >= 4 is 16.7 Å². The first-order chi connectivity index (χ1) is 12.2. The summed E-state index contributed by atoms with van der Waals surface area (Å²) in [7, 11) is 0. The third-order valence-electron chi connectivity index (χ3n) is 4.15. The van der Waals surface area contributed by atoms with Crippen LogP contribution in [0.1, 0.15) is 48.3 Å². The predicted molar refractivity (Wildman–Crippen MR) is 96.3 cm³/mol. The molecule has 0 aliphatic carbocycles. The molecule has 1 atom stereocenters. The van der Waals surface area contributed by atoms with Gasteiger partial charge in [0.1, 0.15) is 0 Å². The summed E-state index contributed by atoms with van der Waals surface area (Å²) in [6.45, 7) is 2.11. The number of fused-ring (bicyclic) bond motifs is 1. The van der Waals surface area contributed by atoms with Crippen LogP contribution in [0.15, 0.2) is 53.6 Å². The number of H-pyrrole nitrogens is 1. The van der Waals surface area contributed by atoms with Crippen molar-refractivity contribution in [3.63, 3.8) is 0 Å². The number of amides is 1. The zero-order chi connectivity index (χ0) is 17.6. The van der Waals surface area contributed by atoms with Crippen LogP contribution in [0.2, 0.25) is 0 Å². The van der Waals surface area contributed by atoms with E-state index in [0.717, 1.165) is 24.8 Å². The number of nitrogens with one attached hydrogen (secondary N) is 2. The van der Waals surface area contributed by atoms with Gasteiger partial charge in [-0.05, 0) is 24.1 Å². The number of pyridine rings is 1. The summed E-state index contributed by atoms with van der Waals surface area (Å²) >= 11 is 0. The maximum atomic E-state index is 12.8. The number of hydrogen-bond donors (Lipinski definition) is 2. The number of hydrogen-bond acceptors (Lipinski definition) is 4. The molecule has 0 saturated heterocycles. The molecule has 1 aromatic carbocycles. The van der Waals surface area contributed by atoms with Crippen molar-refractivity contribution in [2.75, 3.05) is 0 Å². The molecule has 6 nitrogen and oxygen atoms in total. The third-order valence-corrected chi connectivity index (χ3v) is 4.15. The Kier molecular flexibility index (Phi) is 5.18. The lowest BCUT2D eigenvalue weighted by Crippen LogP contribution is -2.30. The summed E-state index contributed by atoms with van der Waals surface area (Å²) in [5.74, 6) is -0.308. The summed E-state index contributed by atoms with van der Waals surface area (Å²) in [5, 5.41) is 10.4. The maximum absolute atomic E-state index is 12.8. The van der Waals surface area contributed by atoms with Crippen LogP contribution in [-0.2, 0) is 0 Å². The predicted octanol–water partition coefficient (Wildman–Crippen LogP) is 2.98. The van der Waals surface area contributed by atoms with E-state index in [-0.39, 0.29) is 23.2 Å². The van der Waals surface area contributed by atoms with Gasteiger partial charge < -0.3 is 5.32 Å². The van der Waals surface area contributed by atoms with E-state index in [2.05, 4.69) is 27.4 Å². The maximum Gasteiger partial charge on any atom is 0.272 e. The Hall–Kier alpha value is -3.02. The van der Waals surface area contributed by atoms with Crippen LogP contribution >= 0.6 is 0 Å². The highest BCUT2D eigenvalue weighted by Crippen LogP contribution is 2.20. The summed E-state index contributed by atoms with van der Waals surface area (Å²) < 4.78 is 0. The number of aromatic nitrogens is 3. The standard InChI is InChI=1S/C19H20N4O2/c1-2-3-10-16(13-7-6-11-20-12-13)21-19(25)17-14-8-4-5-9-15(14)18(24)23-22-17/h4-9,11-12,16H,2-3,10H2,1H3,(H,21,25)(H,23,24)/t16-/m1/s1. The number of benzene rings is 1. The highest BCUT2D eigenvalue weighted by molar-refractivity contribution is 6.04. The third kappa shape index (κ3) is 3.74. The molecular weight excluding hydrogens is 316 g/mol. The molecule has 2 heterocycles. The highest BCUT2D eigenvalue weighted by Gasteiger charge is 2.19. The quantitative estimate of drug-likeness (QED) is 0.724. The molecule has 0 unspecified atom stereocenters. The average Bonchev–Trinajstić information content (AvgIpc) is 2.66. The van der Waals surface area contributed by atoms with Gasteiger partial charge in [-0.15, -0.1) is 0 Å². The zero-order valence-electron chi connectivity index (χ0n) is 14.0. The molecular formula is C19H20N4O2. The zero-order valence-corrected chi connectivity index (χ0v) is 14.0. The van der Waals surface area contributed by atoms with Gasteiger partial charge in [-0.3, -0.25) is 14.6 Å². The van der Waals surface area contributed by atoms with Crippen LogP contribution in [0.4, 0.5) is 0 Å². The molecule has 3 rings (SSSR count). The molecule has 0 fully saturated rings. The largest absolute Gasteiger partial charge is 0.344 e. The van der Waals surface area contributed by atoms with E-state index in [1.54, 1.807) is 36.7 Å². The van der Waals surface area contributed by atoms with Crippen LogP contribution in [0.3, 0.4) is 0 Å². The van der Waals surface area contributed by atoms with Crippen molar-refractivity contribution in [2.45, 2.75) is 32.2 Å². The van der Waals surface area contributed by atoms with Gasteiger partial charge in [0.25, 0.3) is 11.5 Å². The Morgan fingerprint density at radius 1 is 1.20 bits per heavy atom. The first-order valence-electron chi connectivity index (χ1n) is 8.39. The molecule has 128 valence electrons. The van der Waals surface area contributed by atoms with Crippen molar-refractivity contribution in [1.29, 1.82) is 0 Å². The Bertz CT molecular complexity index is 921. The summed E-state index contributed by atoms with van der Waals surface area (Å²) in [6, 6.07) is 10.6. The minimum Gasteiger partial charge on any atom is -0.344 e. The first kappa shape index (κ1) is 16.8. The lowest BCUT2D eigenvalue weighted by Gasteiger charge is -2.18. The Morgan fingerprint density at radius 3 is 2.72 bits per heavy atom. The first-order valence-corrected chi connectivity index (χ1v) is 8.39. The molecule has 0 aliphatic heterocycles. The fourth-order valence-electron chi connectivity index (χ4n) is 2.83. The molecule has 1 amide bonds. The topological polar surface area (TPSA) is 87.7 Å². The van der Waals surface area contributed by atoms with Crippen molar-refractivity contribution in [3.8, 4) is 0 Å². The summed E-state index contributed by atoms with van der Waals surface area (Å²) in [4.78, 5) is 28.8. The van der Waals surface area contributed by atoms with Crippen molar-refractivity contribution in [3.05, 3.63) is 70.4 Å². The number of unbranched alkanes of at least 4 members (excludes halogenated alkanes) is 1. The smallest absolute Gasteiger partial charge is 0.272 e. The van der Waals surface area contributed by atoms with Gasteiger partial charge >= 0.3 is 0 Å². The number of carbonyl (C=O) groups excluding carboxylic acids is 1. The lowest BCUT2D eigenvalue weighted by atomic mass is 10.0. The van der Waals surface area contributed by atoms with Gasteiger partial charge in [0, 0.05) is 17.8 Å². The van der Waals surface area contributed by atoms with E-state index in [4.69, 9.17) is 0 Å². The molecule has 6 heteroatoms. The van der Waals surface area contributed by atoms with Gasteiger partial charge in [0.05, 0.1) is 11.4 Å². The van der Waals surface area contributed by atoms with Gasteiger partial charge in [-0.25, -0.2) is 5.10 Å². The minimum absolute atomic E-state index is 0.145. The minimum atomic E-state index is -0.308. The second kappa shape index (κ2) is 7.70. The van der Waals surface area contributed by atoms with E-state index in [1.165, 1.54) is 0 Å². The molecule has 25 heavy (non-hydrogen) atoms. The fraction of sp³-hybridized carbons (Fsp3) is 0.263. The second-order valence-electron chi connectivity index (χ2n) is 5.90. The monoisotopic (exact) mass is 336 g/mol. The Labute approximate surface area is 145 Å². The van der Waals surface area contributed by atoms with E-state index in [9.17, 15) is 9.59 Å². The number of rotatable bonds is 6.